The van der Waals surface area contributed by atoms with E-state index in [0.29, 0.717) is 18.7 Å². The molecular formula is C21H26N6O2. The van der Waals surface area contributed by atoms with E-state index in [9.17, 15) is 9.59 Å². The van der Waals surface area contributed by atoms with E-state index in [0.717, 1.165) is 63.3 Å². The molecule has 3 aliphatic rings. The highest BCUT2D eigenvalue weighted by atomic mass is 16.2. The molecule has 152 valence electrons. The van der Waals surface area contributed by atoms with Gasteiger partial charge in [-0.3, -0.25) is 14.6 Å². The van der Waals surface area contributed by atoms with Crippen molar-refractivity contribution in [3.8, 4) is 0 Å². The van der Waals surface area contributed by atoms with Crippen LogP contribution in [0.15, 0.2) is 24.5 Å². The van der Waals surface area contributed by atoms with Crippen LogP contribution in [0.2, 0.25) is 0 Å². The maximum atomic E-state index is 13.0. The number of carbonyl (C=O) groups excluding carboxylic acids is 2. The number of rotatable bonds is 3. The number of pyridine rings is 1. The zero-order chi connectivity index (χ0) is 19.8. The monoisotopic (exact) mass is 394 g/mol. The fourth-order valence-electron chi connectivity index (χ4n) is 4.92. The second kappa shape index (κ2) is 7.57. The molecule has 2 saturated heterocycles. The first-order valence-electron chi connectivity index (χ1n) is 10.6. The molecule has 8 heteroatoms. The van der Waals surface area contributed by atoms with Gasteiger partial charge in [0.1, 0.15) is 17.7 Å². The lowest BCUT2D eigenvalue weighted by molar-refractivity contribution is -0.133. The van der Waals surface area contributed by atoms with E-state index in [2.05, 4.69) is 19.7 Å². The van der Waals surface area contributed by atoms with E-state index in [1.807, 2.05) is 9.80 Å². The van der Waals surface area contributed by atoms with Crippen molar-refractivity contribution in [1.29, 1.82) is 0 Å². The molecule has 5 rings (SSSR count). The summed E-state index contributed by atoms with van der Waals surface area (Å²) in [5.41, 5.74) is 0.630. The normalized spacial score (nSPS) is 22.1. The first-order chi connectivity index (χ1) is 14.2. The molecule has 8 nitrogen and oxygen atoms in total. The molecule has 29 heavy (non-hydrogen) atoms. The molecule has 0 saturated carbocycles. The molecule has 2 fully saturated rings. The third-order valence-electron chi connectivity index (χ3n) is 6.50. The summed E-state index contributed by atoms with van der Waals surface area (Å²) < 4.78 is 2.11. The van der Waals surface area contributed by atoms with Crippen molar-refractivity contribution < 1.29 is 9.59 Å². The highest BCUT2D eigenvalue weighted by Gasteiger charge is 2.38. The average molecular weight is 394 g/mol. The summed E-state index contributed by atoms with van der Waals surface area (Å²) in [5, 5.41) is 8.86. The molecule has 3 aliphatic heterocycles. The molecule has 2 aromatic rings. The van der Waals surface area contributed by atoms with Crippen LogP contribution in [0.3, 0.4) is 0 Å². The Bertz CT molecular complexity index is 897. The Hall–Kier alpha value is -2.77. The fourth-order valence-corrected chi connectivity index (χ4v) is 4.92. The first kappa shape index (κ1) is 18.3. The maximum absolute atomic E-state index is 13.0. The van der Waals surface area contributed by atoms with Crippen molar-refractivity contribution in [2.75, 3.05) is 26.2 Å². The van der Waals surface area contributed by atoms with Crippen LogP contribution in [-0.2, 0) is 11.2 Å². The third kappa shape index (κ3) is 3.30. The smallest absolute Gasteiger partial charge is 0.255 e. The van der Waals surface area contributed by atoms with Crippen LogP contribution >= 0.6 is 0 Å². The van der Waals surface area contributed by atoms with Gasteiger partial charge in [0, 0.05) is 50.9 Å². The zero-order valence-electron chi connectivity index (χ0n) is 16.5. The van der Waals surface area contributed by atoms with E-state index >= 15 is 0 Å². The first-order valence-corrected chi connectivity index (χ1v) is 10.6. The minimum absolute atomic E-state index is 0.0325. The van der Waals surface area contributed by atoms with Crippen LogP contribution in [0.4, 0.5) is 0 Å². The number of fused-ring (bicyclic) bond motifs is 1. The fraction of sp³-hybridized carbons (Fsp3) is 0.571. The van der Waals surface area contributed by atoms with Gasteiger partial charge in [0.2, 0.25) is 5.91 Å². The van der Waals surface area contributed by atoms with Gasteiger partial charge in [0.05, 0.1) is 5.56 Å². The van der Waals surface area contributed by atoms with Gasteiger partial charge in [-0.1, -0.05) is 0 Å². The van der Waals surface area contributed by atoms with Crippen LogP contribution in [-0.4, -0.2) is 67.5 Å². The Morgan fingerprint density at radius 1 is 0.966 bits per heavy atom. The number of aromatic nitrogens is 4. The maximum Gasteiger partial charge on any atom is 0.255 e. The molecule has 0 radical (unpaired) electrons. The third-order valence-corrected chi connectivity index (χ3v) is 6.50. The zero-order valence-corrected chi connectivity index (χ0v) is 16.5. The van der Waals surface area contributed by atoms with Gasteiger partial charge in [-0.2, -0.15) is 0 Å². The summed E-state index contributed by atoms with van der Waals surface area (Å²) in [4.78, 5) is 33.6. The van der Waals surface area contributed by atoms with Crippen molar-refractivity contribution in [3.63, 3.8) is 0 Å². The number of hydrogen-bond acceptors (Lipinski definition) is 5. The molecule has 0 spiro atoms. The number of aryl methyl sites for hydroxylation is 1. The topological polar surface area (TPSA) is 84.2 Å². The lowest BCUT2D eigenvalue weighted by Crippen LogP contribution is -2.39. The van der Waals surface area contributed by atoms with E-state index < -0.39 is 0 Å². The van der Waals surface area contributed by atoms with Crippen LogP contribution in [0, 0.1) is 0 Å². The van der Waals surface area contributed by atoms with Crippen molar-refractivity contribution in [2.24, 2.45) is 0 Å². The summed E-state index contributed by atoms with van der Waals surface area (Å²) in [6, 6.07) is 3.45. The molecule has 1 atom stereocenters. The van der Waals surface area contributed by atoms with Crippen LogP contribution in [0.25, 0.3) is 0 Å². The van der Waals surface area contributed by atoms with Gasteiger partial charge in [-0.05, 0) is 44.2 Å². The Morgan fingerprint density at radius 3 is 2.48 bits per heavy atom. The molecule has 0 aromatic carbocycles. The summed E-state index contributed by atoms with van der Waals surface area (Å²) in [6.45, 7) is 3.12. The standard InChI is InChI=1S/C21H26N6O2/c28-20(16-4-3-9-22-14-16)26-12-7-15(8-13-26)19-24-23-18-6-5-17(27(18)19)21(29)25-10-1-2-11-25/h3-4,9,14-15,17H,1-2,5-8,10-13H2. The molecule has 1 unspecified atom stereocenters. The summed E-state index contributed by atoms with van der Waals surface area (Å²) in [5.74, 6) is 2.37. The quantitative estimate of drug-likeness (QED) is 0.793. The van der Waals surface area contributed by atoms with Gasteiger partial charge in [0.15, 0.2) is 0 Å². The minimum atomic E-state index is -0.150. The number of amides is 2. The molecule has 0 aliphatic carbocycles. The summed E-state index contributed by atoms with van der Waals surface area (Å²) in [7, 11) is 0. The highest BCUT2D eigenvalue weighted by molar-refractivity contribution is 5.93. The summed E-state index contributed by atoms with van der Waals surface area (Å²) >= 11 is 0. The Kier molecular flexibility index (Phi) is 4.77. The van der Waals surface area contributed by atoms with Crippen molar-refractivity contribution in [1.82, 2.24) is 29.5 Å². The van der Waals surface area contributed by atoms with Crippen molar-refractivity contribution in [2.45, 2.75) is 50.5 Å². The van der Waals surface area contributed by atoms with Crippen molar-refractivity contribution >= 4 is 11.8 Å². The number of hydrogen-bond donors (Lipinski definition) is 0. The number of nitrogens with zero attached hydrogens (tertiary/aromatic N) is 6. The molecule has 2 aromatic heterocycles. The van der Waals surface area contributed by atoms with Crippen LogP contribution in [0.5, 0.6) is 0 Å². The molecule has 0 bridgehead atoms. The molecule has 2 amide bonds. The van der Waals surface area contributed by atoms with Crippen LogP contribution in [0.1, 0.15) is 66.1 Å². The number of carbonyl (C=O) groups is 2. The van der Waals surface area contributed by atoms with E-state index in [-0.39, 0.29) is 23.8 Å². The molecular weight excluding hydrogens is 368 g/mol. The Labute approximate surface area is 169 Å². The number of likely N-dealkylation sites (tertiary alicyclic amines) is 2. The molecule has 0 N–H and O–H groups in total. The molecule has 5 heterocycles. The minimum Gasteiger partial charge on any atom is -0.341 e. The van der Waals surface area contributed by atoms with Gasteiger partial charge < -0.3 is 14.4 Å². The Balaban J connectivity index is 1.29. The second-order valence-electron chi connectivity index (χ2n) is 8.24. The average Bonchev–Trinajstić information content (AvgIpc) is 3.51. The predicted molar refractivity (Wildman–Crippen MR) is 105 cm³/mol. The lowest BCUT2D eigenvalue weighted by atomic mass is 9.95. The largest absolute Gasteiger partial charge is 0.341 e. The van der Waals surface area contributed by atoms with Gasteiger partial charge >= 0.3 is 0 Å². The lowest BCUT2D eigenvalue weighted by Gasteiger charge is -2.32. The second-order valence-corrected chi connectivity index (χ2v) is 8.24. The van der Waals surface area contributed by atoms with E-state index in [4.69, 9.17) is 0 Å². The van der Waals surface area contributed by atoms with Crippen molar-refractivity contribution in [3.05, 3.63) is 41.7 Å². The van der Waals surface area contributed by atoms with Gasteiger partial charge in [-0.25, -0.2) is 0 Å². The summed E-state index contributed by atoms with van der Waals surface area (Å²) in [6.07, 6.45) is 8.82. The van der Waals surface area contributed by atoms with Gasteiger partial charge in [-0.15, -0.1) is 10.2 Å². The SMILES string of the molecule is O=C(c1cccnc1)N1CCC(c2nnc3n2C(C(=O)N2CCCC2)CC3)CC1. The highest BCUT2D eigenvalue weighted by Crippen LogP contribution is 2.35. The Morgan fingerprint density at radius 2 is 1.76 bits per heavy atom. The van der Waals surface area contributed by atoms with E-state index in [1.54, 1.807) is 24.5 Å². The predicted octanol–water partition coefficient (Wildman–Crippen LogP) is 1.80. The van der Waals surface area contributed by atoms with Crippen LogP contribution < -0.4 is 0 Å². The van der Waals surface area contributed by atoms with Gasteiger partial charge in [0.25, 0.3) is 5.91 Å². The van der Waals surface area contributed by atoms with E-state index in [1.165, 1.54) is 0 Å². The number of piperidine rings is 1.